The fourth-order valence-corrected chi connectivity index (χ4v) is 2.53. The first-order chi connectivity index (χ1) is 11.1. The minimum atomic E-state index is 0.122. The molecule has 0 saturated carbocycles. The van der Waals surface area contributed by atoms with E-state index in [1.54, 1.807) is 18.2 Å². The van der Waals surface area contributed by atoms with E-state index in [4.69, 9.17) is 28.9 Å². The first-order valence-corrected chi connectivity index (χ1v) is 7.62. The number of nitrogens with one attached hydrogen (secondary N) is 1. The Morgan fingerprint density at radius 2 is 1.74 bits per heavy atom. The van der Waals surface area contributed by atoms with E-state index in [0.29, 0.717) is 33.9 Å². The van der Waals surface area contributed by atoms with Crippen molar-refractivity contribution < 1.29 is 0 Å². The summed E-state index contributed by atoms with van der Waals surface area (Å²) in [6.45, 7) is 0.581. The van der Waals surface area contributed by atoms with Crippen LogP contribution in [0.5, 0.6) is 0 Å². The van der Waals surface area contributed by atoms with E-state index < -0.39 is 0 Å². The number of benzene rings is 2. The van der Waals surface area contributed by atoms with Crippen molar-refractivity contribution in [2.24, 2.45) is 0 Å². The zero-order valence-corrected chi connectivity index (χ0v) is 13.5. The van der Waals surface area contributed by atoms with Crippen molar-refractivity contribution in [3.8, 4) is 11.4 Å². The van der Waals surface area contributed by atoms with Gasteiger partial charge >= 0.3 is 0 Å². The van der Waals surface area contributed by atoms with E-state index in [-0.39, 0.29) is 5.95 Å². The standard InChI is InChI=1S/C16H13Cl2N5/c17-11-6-7-12(13(18)8-11)14-21-15(19)23-16(22-14)20-9-10-4-2-1-3-5-10/h1-8H,9H2,(H3,19,20,21,22,23). The van der Waals surface area contributed by atoms with Crippen molar-refractivity contribution in [3.05, 3.63) is 64.1 Å². The number of anilines is 2. The van der Waals surface area contributed by atoms with Crippen molar-refractivity contribution in [3.63, 3.8) is 0 Å². The Balaban J connectivity index is 1.87. The molecule has 0 saturated heterocycles. The van der Waals surface area contributed by atoms with Crippen LogP contribution in [-0.4, -0.2) is 15.0 Å². The molecule has 3 aromatic rings. The van der Waals surface area contributed by atoms with Gasteiger partial charge in [0.25, 0.3) is 0 Å². The maximum atomic E-state index is 6.20. The summed E-state index contributed by atoms with van der Waals surface area (Å²) in [5.41, 5.74) is 7.53. The summed E-state index contributed by atoms with van der Waals surface area (Å²) >= 11 is 12.1. The first-order valence-electron chi connectivity index (χ1n) is 6.86. The van der Waals surface area contributed by atoms with Crippen LogP contribution in [0.1, 0.15) is 5.56 Å². The molecule has 0 radical (unpaired) electrons. The molecule has 0 amide bonds. The molecular formula is C16H13Cl2N5. The van der Waals surface area contributed by atoms with E-state index in [1.165, 1.54) is 0 Å². The Morgan fingerprint density at radius 1 is 0.957 bits per heavy atom. The fourth-order valence-electron chi connectivity index (χ4n) is 2.04. The van der Waals surface area contributed by atoms with Gasteiger partial charge in [0.1, 0.15) is 0 Å². The van der Waals surface area contributed by atoms with Crippen LogP contribution < -0.4 is 11.1 Å². The Labute approximate surface area is 143 Å². The molecule has 1 heterocycles. The topological polar surface area (TPSA) is 76.7 Å². The smallest absolute Gasteiger partial charge is 0.228 e. The highest BCUT2D eigenvalue weighted by Crippen LogP contribution is 2.28. The number of hydrogen-bond donors (Lipinski definition) is 2. The predicted octanol–water partition coefficient (Wildman–Crippen LogP) is 4.04. The third-order valence-corrected chi connectivity index (χ3v) is 3.67. The SMILES string of the molecule is Nc1nc(NCc2ccccc2)nc(-c2ccc(Cl)cc2Cl)n1. The lowest BCUT2D eigenvalue weighted by molar-refractivity contribution is 1.02. The lowest BCUT2D eigenvalue weighted by Crippen LogP contribution is -2.08. The molecule has 0 aliphatic heterocycles. The van der Waals surface area contributed by atoms with Crippen LogP contribution in [0.15, 0.2) is 48.5 Å². The van der Waals surface area contributed by atoms with Crippen LogP contribution in [-0.2, 0) is 6.54 Å². The van der Waals surface area contributed by atoms with E-state index in [2.05, 4.69) is 20.3 Å². The minimum absolute atomic E-state index is 0.122. The van der Waals surface area contributed by atoms with Gasteiger partial charge in [0.2, 0.25) is 11.9 Å². The second-order valence-corrected chi connectivity index (χ2v) is 5.65. The molecule has 3 rings (SSSR count). The van der Waals surface area contributed by atoms with Crippen LogP contribution >= 0.6 is 23.2 Å². The monoisotopic (exact) mass is 345 g/mol. The zero-order chi connectivity index (χ0) is 16.2. The Morgan fingerprint density at radius 3 is 2.48 bits per heavy atom. The van der Waals surface area contributed by atoms with Gasteiger partial charge in [-0.3, -0.25) is 0 Å². The average molecular weight is 346 g/mol. The van der Waals surface area contributed by atoms with E-state index in [9.17, 15) is 0 Å². The third kappa shape index (κ3) is 3.88. The largest absolute Gasteiger partial charge is 0.368 e. The molecule has 116 valence electrons. The van der Waals surface area contributed by atoms with Crippen molar-refractivity contribution >= 4 is 35.1 Å². The number of nitrogen functional groups attached to an aromatic ring is 1. The number of halogens is 2. The van der Waals surface area contributed by atoms with Crippen molar-refractivity contribution in [1.29, 1.82) is 0 Å². The Bertz CT molecular complexity index is 824. The maximum Gasteiger partial charge on any atom is 0.228 e. The fraction of sp³-hybridized carbons (Fsp3) is 0.0625. The zero-order valence-electron chi connectivity index (χ0n) is 12.0. The number of nitrogens with zero attached hydrogens (tertiary/aromatic N) is 3. The van der Waals surface area contributed by atoms with Crippen LogP contribution in [0.2, 0.25) is 10.0 Å². The average Bonchev–Trinajstić information content (AvgIpc) is 2.53. The number of aromatic nitrogens is 3. The van der Waals surface area contributed by atoms with Gasteiger partial charge in [-0.1, -0.05) is 53.5 Å². The van der Waals surface area contributed by atoms with Gasteiger partial charge in [-0.25, -0.2) is 0 Å². The first kappa shape index (κ1) is 15.5. The molecule has 0 aliphatic carbocycles. The minimum Gasteiger partial charge on any atom is -0.368 e. The molecule has 5 nitrogen and oxygen atoms in total. The van der Waals surface area contributed by atoms with Crippen LogP contribution in [0.4, 0.5) is 11.9 Å². The second kappa shape index (κ2) is 6.81. The molecule has 2 aromatic carbocycles. The van der Waals surface area contributed by atoms with Gasteiger partial charge in [0.05, 0.1) is 5.02 Å². The van der Waals surface area contributed by atoms with E-state index >= 15 is 0 Å². The maximum absolute atomic E-state index is 6.20. The lowest BCUT2D eigenvalue weighted by atomic mass is 10.2. The summed E-state index contributed by atoms with van der Waals surface area (Å²) in [7, 11) is 0. The van der Waals surface area contributed by atoms with Gasteiger partial charge in [-0.15, -0.1) is 0 Å². The van der Waals surface area contributed by atoms with Crippen LogP contribution in [0.25, 0.3) is 11.4 Å². The summed E-state index contributed by atoms with van der Waals surface area (Å²) in [6.07, 6.45) is 0. The summed E-state index contributed by atoms with van der Waals surface area (Å²) < 4.78 is 0. The molecule has 0 bridgehead atoms. The summed E-state index contributed by atoms with van der Waals surface area (Å²) in [4.78, 5) is 12.6. The van der Waals surface area contributed by atoms with Crippen molar-refractivity contribution in [1.82, 2.24) is 15.0 Å². The molecule has 3 N–H and O–H groups in total. The Hall–Kier alpha value is -2.37. The number of rotatable bonds is 4. The van der Waals surface area contributed by atoms with Gasteiger partial charge in [-0.05, 0) is 23.8 Å². The molecule has 0 unspecified atom stereocenters. The second-order valence-electron chi connectivity index (χ2n) is 4.80. The van der Waals surface area contributed by atoms with Gasteiger partial charge in [0.15, 0.2) is 5.82 Å². The highest BCUT2D eigenvalue weighted by Gasteiger charge is 2.10. The highest BCUT2D eigenvalue weighted by molar-refractivity contribution is 6.36. The normalized spacial score (nSPS) is 10.5. The number of hydrogen-bond acceptors (Lipinski definition) is 5. The molecule has 0 spiro atoms. The van der Waals surface area contributed by atoms with Gasteiger partial charge in [0, 0.05) is 17.1 Å². The Kier molecular flexibility index (Phi) is 4.60. The lowest BCUT2D eigenvalue weighted by Gasteiger charge is -2.08. The summed E-state index contributed by atoms with van der Waals surface area (Å²) in [6, 6.07) is 15.0. The molecule has 7 heteroatoms. The van der Waals surface area contributed by atoms with E-state index in [1.807, 2.05) is 30.3 Å². The van der Waals surface area contributed by atoms with Crippen LogP contribution in [0.3, 0.4) is 0 Å². The molecule has 0 atom stereocenters. The highest BCUT2D eigenvalue weighted by atomic mass is 35.5. The molecule has 23 heavy (non-hydrogen) atoms. The number of nitrogens with two attached hydrogens (primary N) is 1. The predicted molar refractivity (Wildman–Crippen MR) is 93.5 cm³/mol. The quantitative estimate of drug-likeness (QED) is 0.746. The van der Waals surface area contributed by atoms with Crippen LogP contribution in [0, 0.1) is 0 Å². The summed E-state index contributed by atoms with van der Waals surface area (Å²) in [5.74, 6) is 0.911. The summed E-state index contributed by atoms with van der Waals surface area (Å²) in [5, 5.41) is 4.13. The molecule has 0 fully saturated rings. The van der Waals surface area contributed by atoms with Crippen molar-refractivity contribution in [2.75, 3.05) is 11.1 Å². The van der Waals surface area contributed by atoms with E-state index in [0.717, 1.165) is 5.56 Å². The van der Waals surface area contributed by atoms with Gasteiger partial charge in [-0.2, -0.15) is 15.0 Å². The molecule has 0 aliphatic rings. The molecular weight excluding hydrogens is 333 g/mol. The molecule has 1 aromatic heterocycles. The van der Waals surface area contributed by atoms with Gasteiger partial charge < -0.3 is 11.1 Å². The van der Waals surface area contributed by atoms with Crippen molar-refractivity contribution in [2.45, 2.75) is 6.54 Å². The third-order valence-electron chi connectivity index (χ3n) is 3.12.